The minimum Gasteiger partial charge on any atom is -0.339 e. The number of benzene rings is 2. The summed E-state index contributed by atoms with van der Waals surface area (Å²) in [5.41, 5.74) is 2.75. The van der Waals surface area contributed by atoms with Gasteiger partial charge in [0.05, 0.1) is 0 Å². The molecule has 0 spiro atoms. The number of carbonyl (C=O) groups excluding carboxylic acids is 2. The molecule has 1 aliphatic heterocycles. The van der Waals surface area contributed by atoms with Crippen LogP contribution in [0.25, 0.3) is 0 Å². The highest BCUT2D eigenvalue weighted by Gasteiger charge is 2.25. The lowest BCUT2D eigenvalue weighted by atomic mass is 9.88. The molecule has 0 bridgehead atoms. The Hall–Kier alpha value is -2.62. The van der Waals surface area contributed by atoms with Gasteiger partial charge in [-0.1, -0.05) is 55.7 Å². The summed E-state index contributed by atoms with van der Waals surface area (Å²) in [6.45, 7) is 1.55. The Kier molecular flexibility index (Phi) is 6.28. The second kappa shape index (κ2) is 9.25. The van der Waals surface area contributed by atoms with Crippen molar-refractivity contribution in [1.29, 1.82) is 0 Å². The standard InChI is InChI=1S/C25H30N2O2/c28-24(21-10-5-2-6-11-21)26-23-13-7-12-22(18-23)25(29)27-16-14-20(15-17-27)19-8-3-1-4-9-19/h1,3-4,7-9,12-13,18,20-21H,2,5-6,10-11,14-17H2,(H,26,28). The molecule has 29 heavy (non-hydrogen) atoms. The molecule has 4 nitrogen and oxygen atoms in total. The average molecular weight is 391 g/mol. The maximum Gasteiger partial charge on any atom is 0.253 e. The fourth-order valence-corrected chi connectivity index (χ4v) is 4.66. The zero-order chi connectivity index (χ0) is 20.1. The Bertz CT molecular complexity index is 835. The van der Waals surface area contributed by atoms with Crippen LogP contribution in [0.1, 0.15) is 66.8 Å². The van der Waals surface area contributed by atoms with Crippen molar-refractivity contribution in [3.8, 4) is 0 Å². The van der Waals surface area contributed by atoms with Crippen LogP contribution in [0.15, 0.2) is 54.6 Å². The van der Waals surface area contributed by atoms with Gasteiger partial charge in [0.2, 0.25) is 5.91 Å². The number of hydrogen-bond acceptors (Lipinski definition) is 2. The number of nitrogens with one attached hydrogen (secondary N) is 1. The second-order valence-corrected chi connectivity index (χ2v) is 8.38. The second-order valence-electron chi connectivity index (χ2n) is 8.38. The first-order valence-corrected chi connectivity index (χ1v) is 11.0. The van der Waals surface area contributed by atoms with Crippen LogP contribution in [0.4, 0.5) is 5.69 Å². The summed E-state index contributed by atoms with van der Waals surface area (Å²) >= 11 is 0. The Morgan fingerprint density at radius 3 is 2.28 bits per heavy atom. The van der Waals surface area contributed by atoms with Gasteiger partial charge in [0.15, 0.2) is 0 Å². The Morgan fingerprint density at radius 1 is 0.828 bits per heavy atom. The quantitative estimate of drug-likeness (QED) is 0.777. The van der Waals surface area contributed by atoms with E-state index in [1.165, 1.54) is 12.0 Å². The number of nitrogens with zero attached hydrogens (tertiary/aromatic N) is 1. The Labute approximate surface area is 173 Å². The number of hydrogen-bond donors (Lipinski definition) is 1. The molecule has 0 unspecified atom stereocenters. The molecule has 1 saturated heterocycles. The Balaban J connectivity index is 1.35. The summed E-state index contributed by atoms with van der Waals surface area (Å²) in [5, 5.41) is 3.03. The molecule has 2 amide bonds. The van der Waals surface area contributed by atoms with Crippen LogP contribution in [0.2, 0.25) is 0 Å². The van der Waals surface area contributed by atoms with Gasteiger partial charge in [-0.05, 0) is 55.4 Å². The molecule has 0 radical (unpaired) electrons. The third-order valence-electron chi connectivity index (χ3n) is 6.41. The largest absolute Gasteiger partial charge is 0.339 e. The third-order valence-corrected chi connectivity index (χ3v) is 6.41. The van der Waals surface area contributed by atoms with Crippen molar-refractivity contribution in [3.63, 3.8) is 0 Å². The van der Waals surface area contributed by atoms with Crippen LogP contribution in [-0.2, 0) is 4.79 Å². The minimum atomic E-state index is 0.0604. The van der Waals surface area contributed by atoms with Crippen LogP contribution in [-0.4, -0.2) is 29.8 Å². The van der Waals surface area contributed by atoms with Gasteiger partial charge in [-0.25, -0.2) is 0 Å². The highest BCUT2D eigenvalue weighted by molar-refractivity contribution is 5.97. The van der Waals surface area contributed by atoms with Gasteiger partial charge in [0, 0.05) is 30.3 Å². The average Bonchev–Trinajstić information content (AvgIpc) is 2.80. The van der Waals surface area contributed by atoms with Gasteiger partial charge >= 0.3 is 0 Å². The van der Waals surface area contributed by atoms with Crippen LogP contribution >= 0.6 is 0 Å². The fraction of sp³-hybridized carbons (Fsp3) is 0.440. The van der Waals surface area contributed by atoms with E-state index in [4.69, 9.17) is 0 Å². The number of rotatable bonds is 4. The van der Waals surface area contributed by atoms with Gasteiger partial charge in [-0.2, -0.15) is 0 Å². The molecule has 4 rings (SSSR count). The molecule has 0 aromatic heterocycles. The lowest BCUT2D eigenvalue weighted by molar-refractivity contribution is -0.120. The highest BCUT2D eigenvalue weighted by Crippen LogP contribution is 2.29. The lowest BCUT2D eigenvalue weighted by Crippen LogP contribution is -2.38. The number of piperidine rings is 1. The van der Waals surface area contributed by atoms with E-state index >= 15 is 0 Å². The first-order valence-electron chi connectivity index (χ1n) is 11.0. The van der Waals surface area contributed by atoms with Gasteiger partial charge in [-0.3, -0.25) is 9.59 Å². The highest BCUT2D eigenvalue weighted by atomic mass is 16.2. The monoisotopic (exact) mass is 390 g/mol. The zero-order valence-corrected chi connectivity index (χ0v) is 17.0. The molecule has 4 heteroatoms. The summed E-state index contributed by atoms with van der Waals surface area (Å²) in [5.74, 6) is 0.796. The molecule has 1 heterocycles. The van der Waals surface area contributed by atoms with Crippen molar-refractivity contribution in [3.05, 3.63) is 65.7 Å². The molecule has 2 aliphatic rings. The topological polar surface area (TPSA) is 49.4 Å². The molecular formula is C25H30N2O2. The molecule has 1 N–H and O–H groups in total. The van der Waals surface area contributed by atoms with Crippen LogP contribution < -0.4 is 5.32 Å². The first kappa shape index (κ1) is 19.7. The van der Waals surface area contributed by atoms with E-state index in [0.29, 0.717) is 11.5 Å². The molecular weight excluding hydrogens is 360 g/mol. The molecule has 0 atom stereocenters. The van der Waals surface area contributed by atoms with Crippen molar-refractivity contribution in [2.45, 2.75) is 50.9 Å². The number of likely N-dealkylation sites (tertiary alicyclic amines) is 1. The minimum absolute atomic E-state index is 0.0604. The fourth-order valence-electron chi connectivity index (χ4n) is 4.66. The molecule has 152 valence electrons. The SMILES string of the molecule is O=C(Nc1cccc(C(=O)N2CCC(c3ccccc3)CC2)c1)C1CCCCC1. The first-order chi connectivity index (χ1) is 14.2. The van der Waals surface area contributed by atoms with E-state index in [-0.39, 0.29) is 17.7 Å². The van der Waals surface area contributed by atoms with Crippen molar-refractivity contribution in [2.24, 2.45) is 5.92 Å². The van der Waals surface area contributed by atoms with Gasteiger partial charge in [-0.15, -0.1) is 0 Å². The van der Waals surface area contributed by atoms with Crippen molar-refractivity contribution in [1.82, 2.24) is 4.90 Å². The summed E-state index contributed by atoms with van der Waals surface area (Å²) < 4.78 is 0. The smallest absolute Gasteiger partial charge is 0.253 e. The summed E-state index contributed by atoms with van der Waals surface area (Å²) in [6.07, 6.45) is 7.43. The molecule has 2 aromatic rings. The number of amides is 2. The van der Waals surface area contributed by atoms with E-state index in [1.54, 1.807) is 0 Å². The van der Waals surface area contributed by atoms with Gasteiger partial charge in [0.25, 0.3) is 5.91 Å². The number of carbonyl (C=O) groups is 2. The van der Waals surface area contributed by atoms with E-state index in [9.17, 15) is 9.59 Å². The van der Waals surface area contributed by atoms with Crippen LogP contribution in [0.3, 0.4) is 0 Å². The lowest BCUT2D eigenvalue weighted by Gasteiger charge is -2.32. The molecule has 1 saturated carbocycles. The summed E-state index contributed by atoms with van der Waals surface area (Å²) in [7, 11) is 0. The molecule has 2 aromatic carbocycles. The third kappa shape index (κ3) is 4.87. The maximum absolute atomic E-state index is 13.0. The zero-order valence-electron chi connectivity index (χ0n) is 17.0. The number of anilines is 1. The van der Waals surface area contributed by atoms with Crippen LogP contribution in [0, 0.1) is 5.92 Å². The van der Waals surface area contributed by atoms with E-state index in [2.05, 4.69) is 29.6 Å². The Morgan fingerprint density at radius 2 is 1.55 bits per heavy atom. The van der Waals surface area contributed by atoms with Crippen LogP contribution in [0.5, 0.6) is 0 Å². The predicted molar refractivity (Wildman–Crippen MR) is 116 cm³/mol. The van der Waals surface area contributed by atoms with Gasteiger partial charge < -0.3 is 10.2 Å². The molecule has 2 fully saturated rings. The predicted octanol–water partition coefficient (Wildman–Crippen LogP) is 5.23. The normalized spacial score (nSPS) is 18.4. The maximum atomic E-state index is 13.0. The summed E-state index contributed by atoms with van der Waals surface area (Å²) in [4.78, 5) is 27.5. The van der Waals surface area contributed by atoms with E-state index in [0.717, 1.165) is 57.3 Å². The van der Waals surface area contributed by atoms with Crippen molar-refractivity contribution < 1.29 is 9.59 Å². The van der Waals surface area contributed by atoms with E-state index in [1.807, 2.05) is 35.2 Å². The van der Waals surface area contributed by atoms with E-state index < -0.39 is 0 Å². The van der Waals surface area contributed by atoms with Crippen molar-refractivity contribution in [2.75, 3.05) is 18.4 Å². The summed E-state index contributed by atoms with van der Waals surface area (Å²) in [6, 6.07) is 18.0. The van der Waals surface area contributed by atoms with Gasteiger partial charge in [0.1, 0.15) is 0 Å². The van der Waals surface area contributed by atoms with Crippen molar-refractivity contribution >= 4 is 17.5 Å². The molecule has 1 aliphatic carbocycles.